The van der Waals surface area contributed by atoms with Crippen LogP contribution in [0.25, 0.3) is 0 Å². The zero-order valence-electron chi connectivity index (χ0n) is 14.0. The van der Waals surface area contributed by atoms with Gasteiger partial charge in [0, 0.05) is 37.1 Å². The van der Waals surface area contributed by atoms with Gasteiger partial charge in [-0.05, 0) is 31.7 Å². The molecule has 1 aliphatic carbocycles. The molecule has 1 amide bonds. The third kappa shape index (κ3) is 3.37. The van der Waals surface area contributed by atoms with Gasteiger partial charge in [0.15, 0.2) is 0 Å². The first-order valence-corrected chi connectivity index (χ1v) is 9.60. The lowest BCUT2D eigenvalue weighted by Crippen LogP contribution is -2.56. The van der Waals surface area contributed by atoms with E-state index in [1.54, 1.807) is 11.3 Å². The van der Waals surface area contributed by atoms with Crippen molar-refractivity contribution >= 4 is 17.2 Å². The maximum Gasteiger partial charge on any atom is 0.273 e. The molecular weight excluding hydrogens is 318 g/mol. The summed E-state index contributed by atoms with van der Waals surface area (Å²) in [4.78, 5) is 22.0. The number of carbonyl (C=O) groups is 1. The molecule has 0 spiro atoms. The van der Waals surface area contributed by atoms with Gasteiger partial charge in [-0.15, -0.1) is 11.3 Å². The predicted octanol–water partition coefficient (Wildman–Crippen LogP) is 2.98. The summed E-state index contributed by atoms with van der Waals surface area (Å²) in [7, 11) is 0. The third-order valence-electron chi connectivity index (χ3n) is 4.99. The van der Waals surface area contributed by atoms with Gasteiger partial charge < -0.3 is 4.90 Å². The number of thiazole rings is 1. The second-order valence-electron chi connectivity index (χ2n) is 6.82. The molecule has 0 radical (unpaired) electrons. The van der Waals surface area contributed by atoms with Crippen molar-refractivity contribution in [3.05, 3.63) is 52.0 Å². The molecule has 2 aromatic rings. The highest BCUT2D eigenvalue weighted by molar-refractivity contribution is 7.09. The number of hydrogen-bond donors (Lipinski definition) is 0. The van der Waals surface area contributed by atoms with Crippen LogP contribution in [0.15, 0.2) is 35.7 Å². The van der Waals surface area contributed by atoms with E-state index in [9.17, 15) is 4.79 Å². The summed E-state index contributed by atoms with van der Waals surface area (Å²) in [6.45, 7) is 4.73. The monoisotopic (exact) mass is 341 g/mol. The molecule has 126 valence electrons. The summed E-state index contributed by atoms with van der Waals surface area (Å²) in [6, 6.07) is 11.5. The van der Waals surface area contributed by atoms with Gasteiger partial charge in [0.1, 0.15) is 5.69 Å². The summed E-state index contributed by atoms with van der Waals surface area (Å²) in [5.74, 6) is 0.0933. The fraction of sp³-hybridized carbons (Fsp3) is 0.474. The molecule has 4 rings (SSSR count). The van der Waals surface area contributed by atoms with Gasteiger partial charge in [0.2, 0.25) is 0 Å². The average Bonchev–Trinajstić information content (AvgIpc) is 3.36. The summed E-state index contributed by atoms with van der Waals surface area (Å²) in [6.07, 6.45) is 3.55. The van der Waals surface area contributed by atoms with Crippen LogP contribution in [0.5, 0.6) is 0 Å². The molecule has 4 nitrogen and oxygen atoms in total. The molecule has 1 aromatic heterocycles. The molecule has 1 unspecified atom stereocenters. The van der Waals surface area contributed by atoms with Gasteiger partial charge in [0.05, 0.1) is 5.01 Å². The van der Waals surface area contributed by atoms with Crippen LogP contribution in [0.2, 0.25) is 0 Å². The number of carbonyl (C=O) groups excluding carboxylic acids is 1. The number of amides is 1. The number of benzene rings is 1. The lowest BCUT2D eigenvalue weighted by Gasteiger charge is -2.41. The van der Waals surface area contributed by atoms with E-state index in [1.165, 1.54) is 18.4 Å². The topological polar surface area (TPSA) is 36.4 Å². The van der Waals surface area contributed by atoms with E-state index >= 15 is 0 Å². The molecule has 2 fully saturated rings. The first-order valence-electron chi connectivity index (χ1n) is 8.72. The minimum Gasteiger partial charge on any atom is -0.331 e. The van der Waals surface area contributed by atoms with Crippen molar-refractivity contribution in [3.63, 3.8) is 0 Å². The standard InChI is InChI=1S/C19H23N3OS/c1-14-20-18(13-24-14)19(23)22-10-9-21(16-7-8-16)12-17(22)11-15-5-3-2-4-6-15/h2-6,13,16-17H,7-12H2,1H3. The smallest absolute Gasteiger partial charge is 0.273 e. The highest BCUT2D eigenvalue weighted by Gasteiger charge is 2.37. The number of piperazine rings is 1. The van der Waals surface area contributed by atoms with E-state index < -0.39 is 0 Å². The van der Waals surface area contributed by atoms with Gasteiger partial charge in [-0.1, -0.05) is 30.3 Å². The minimum atomic E-state index is 0.0933. The van der Waals surface area contributed by atoms with E-state index in [1.807, 2.05) is 18.4 Å². The molecule has 1 atom stereocenters. The van der Waals surface area contributed by atoms with Crippen LogP contribution in [0.3, 0.4) is 0 Å². The average molecular weight is 341 g/mol. The molecular formula is C19H23N3OS. The minimum absolute atomic E-state index is 0.0933. The van der Waals surface area contributed by atoms with Crippen molar-refractivity contribution in [2.75, 3.05) is 19.6 Å². The maximum atomic E-state index is 13.0. The van der Waals surface area contributed by atoms with Crippen molar-refractivity contribution in [2.24, 2.45) is 0 Å². The molecule has 0 bridgehead atoms. The Morgan fingerprint density at radius 2 is 2.04 bits per heavy atom. The van der Waals surface area contributed by atoms with Crippen molar-refractivity contribution in [2.45, 2.75) is 38.3 Å². The van der Waals surface area contributed by atoms with Crippen LogP contribution in [-0.4, -0.2) is 52.4 Å². The van der Waals surface area contributed by atoms with Crippen LogP contribution >= 0.6 is 11.3 Å². The van der Waals surface area contributed by atoms with Crippen molar-refractivity contribution in [3.8, 4) is 0 Å². The van der Waals surface area contributed by atoms with Crippen molar-refractivity contribution < 1.29 is 4.79 Å². The van der Waals surface area contributed by atoms with Crippen LogP contribution in [0.1, 0.15) is 33.9 Å². The first-order chi connectivity index (χ1) is 11.7. The molecule has 1 aromatic carbocycles. The quantitative estimate of drug-likeness (QED) is 0.858. The SMILES string of the molecule is Cc1nc(C(=O)N2CCN(C3CC3)CC2Cc2ccccc2)cs1. The molecule has 1 saturated heterocycles. The van der Waals surface area contributed by atoms with Gasteiger partial charge in [-0.3, -0.25) is 9.69 Å². The Morgan fingerprint density at radius 3 is 2.71 bits per heavy atom. The number of nitrogens with zero attached hydrogens (tertiary/aromatic N) is 3. The highest BCUT2D eigenvalue weighted by Crippen LogP contribution is 2.30. The molecule has 1 saturated carbocycles. The Kier molecular flexibility index (Phi) is 4.37. The Hall–Kier alpha value is -1.72. The lowest BCUT2D eigenvalue weighted by atomic mass is 10.0. The van der Waals surface area contributed by atoms with Gasteiger partial charge in [-0.2, -0.15) is 0 Å². The Labute approximate surface area is 147 Å². The van der Waals surface area contributed by atoms with Crippen LogP contribution in [0, 0.1) is 6.92 Å². The molecule has 2 aliphatic rings. The summed E-state index contributed by atoms with van der Waals surface area (Å²) >= 11 is 1.55. The Balaban J connectivity index is 1.54. The normalized spacial score (nSPS) is 21.9. The number of aryl methyl sites for hydroxylation is 1. The van der Waals surface area contributed by atoms with Gasteiger partial charge in [-0.25, -0.2) is 4.98 Å². The van der Waals surface area contributed by atoms with Crippen molar-refractivity contribution in [1.29, 1.82) is 0 Å². The van der Waals surface area contributed by atoms with E-state index in [-0.39, 0.29) is 11.9 Å². The van der Waals surface area contributed by atoms with Crippen LogP contribution in [0.4, 0.5) is 0 Å². The third-order valence-corrected chi connectivity index (χ3v) is 5.76. The summed E-state index contributed by atoms with van der Waals surface area (Å²) < 4.78 is 0. The Morgan fingerprint density at radius 1 is 1.25 bits per heavy atom. The maximum absolute atomic E-state index is 13.0. The number of aromatic nitrogens is 1. The first kappa shape index (κ1) is 15.8. The van der Waals surface area contributed by atoms with Crippen molar-refractivity contribution in [1.82, 2.24) is 14.8 Å². The Bertz CT molecular complexity index is 710. The summed E-state index contributed by atoms with van der Waals surface area (Å²) in [5.41, 5.74) is 1.91. The van der Waals surface area contributed by atoms with Crippen LogP contribution in [-0.2, 0) is 6.42 Å². The van der Waals surface area contributed by atoms with E-state index in [2.05, 4.69) is 39.0 Å². The second-order valence-corrected chi connectivity index (χ2v) is 7.88. The molecule has 1 aliphatic heterocycles. The van der Waals surface area contributed by atoms with Crippen LogP contribution < -0.4 is 0 Å². The molecule has 24 heavy (non-hydrogen) atoms. The van der Waals surface area contributed by atoms with E-state index in [0.29, 0.717) is 5.69 Å². The zero-order valence-corrected chi connectivity index (χ0v) is 14.8. The lowest BCUT2D eigenvalue weighted by molar-refractivity contribution is 0.0432. The fourth-order valence-corrected chi connectivity index (χ4v) is 4.17. The predicted molar refractivity (Wildman–Crippen MR) is 96.4 cm³/mol. The fourth-order valence-electron chi connectivity index (χ4n) is 3.59. The van der Waals surface area contributed by atoms with E-state index in [4.69, 9.17) is 0 Å². The van der Waals surface area contributed by atoms with Gasteiger partial charge >= 0.3 is 0 Å². The number of hydrogen-bond acceptors (Lipinski definition) is 4. The summed E-state index contributed by atoms with van der Waals surface area (Å²) in [5, 5.41) is 2.85. The molecule has 5 heteroatoms. The molecule has 0 N–H and O–H groups in total. The number of rotatable bonds is 4. The van der Waals surface area contributed by atoms with E-state index in [0.717, 1.165) is 37.1 Å². The largest absolute Gasteiger partial charge is 0.331 e. The van der Waals surface area contributed by atoms with Gasteiger partial charge in [0.25, 0.3) is 5.91 Å². The zero-order chi connectivity index (χ0) is 16.5. The second kappa shape index (κ2) is 6.65. The highest BCUT2D eigenvalue weighted by atomic mass is 32.1. The molecule has 2 heterocycles.